The number of rotatable bonds is 9. The molecule has 0 aliphatic carbocycles. The molecule has 0 saturated heterocycles. The summed E-state index contributed by atoms with van der Waals surface area (Å²) in [5.74, 6) is 1.33. The molecule has 4 nitrogen and oxygen atoms in total. The van der Waals surface area contributed by atoms with Crippen molar-refractivity contribution in [2.24, 2.45) is 5.92 Å². The van der Waals surface area contributed by atoms with E-state index in [1.165, 1.54) is 5.56 Å². The number of pyridine rings is 1. The predicted octanol–water partition coefficient (Wildman–Crippen LogP) is 2.24. The van der Waals surface area contributed by atoms with Crippen LogP contribution in [0, 0.1) is 5.92 Å². The summed E-state index contributed by atoms with van der Waals surface area (Å²) in [4.78, 5) is 4.17. The fourth-order valence-corrected chi connectivity index (χ4v) is 1.49. The molecule has 0 aliphatic heterocycles. The molecular formula is C14H24N2O2. The smallest absolute Gasteiger partial charge is 0.213 e. The maximum atomic E-state index is 5.51. The molecule has 0 aliphatic rings. The quantitative estimate of drug-likeness (QED) is 0.685. The molecule has 0 bridgehead atoms. The van der Waals surface area contributed by atoms with Gasteiger partial charge in [-0.15, -0.1) is 0 Å². The van der Waals surface area contributed by atoms with Gasteiger partial charge in [-0.2, -0.15) is 0 Å². The lowest BCUT2D eigenvalue weighted by atomic mass is 10.2. The molecule has 102 valence electrons. The molecule has 0 unspecified atom stereocenters. The lowest BCUT2D eigenvalue weighted by Gasteiger charge is -2.09. The molecule has 1 heterocycles. The first-order chi connectivity index (χ1) is 8.72. The minimum Gasteiger partial charge on any atom is -0.475 e. The Bertz CT molecular complexity index is 329. The zero-order valence-electron chi connectivity index (χ0n) is 11.6. The highest BCUT2D eigenvalue weighted by Crippen LogP contribution is 2.09. The van der Waals surface area contributed by atoms with Gasteiger partial charge < -0.3 is 14.8 Å². The van der Waals surface area contributed by atoms with Crippen LogP contribution in [0.5, 0.6) is 5.88 Å². The summed E-state index contributed by atoms with van der Waals surface area (Å²) in [6, 6.07) is 3.97. The Kier molecular flexibility index (Phi) is 7.37. The van der Waals surface area contributed by atoms with Crippen molar-refractivity contribution in [1.29, 1.82) is 0 Å². The van der Waals surface area contributed by atoms with Crippen molar-refractivity contribution in [3.8, 4) is 5.88 Å². The molecule has 0 atom stereocenters. The maximum absolute atomic E-state index is 5.51. The number of aromatic nitrogens is 1. The second kappa shape index (κ2) is 8.89. The minimum absolute atomic E-state index is 0.545. The first-order valence-electron chi connectivity index (χ1n) is 6.58. The summed E-state index contributed by atoms with van der Waals surface area (Å²) in [5, 5.41) is 3.40. The fourth-order valence-electron chi connectivity index (χ4n) is 1.49. The summed E-state index contributed by atoms with van der Waals surface area (Å²) in [6.45, 7) is 10.1. The first kappa shape index (κ1) is 14.9. The molecule has 0 spiro atoms. The zero-order valence-corrected chi connectivity index (χ0v) is 11.6. The Morgan fingerprint density at radius 3 is 2.89 bits per heavy atom. The second-order valence-corrected chi connectivity index (χ2v) is 4.57. The van der Waals surface area contributed by atoms with Crippen molar-refractivity contribution in [2.45, 2.75) is 27.3 Å². The van der Waals surface area contributed by atoms with Crippen molar-refractivity contribution in [2.75, 3.05) is 26.4 Å². The Hall–Kier alpha value is -1.13. The summed E-state index contributed by atoms with van der Waals surface area (Å²) in [5.41, 5.74) is 1.19. The minimum atomic E-state index is 0.545. The molecule has 0 radical (unpaired) electrons. The largest absolute Gasteiger partial charge is 0.475 e. The van der Waals surface area contributed by atoms with Crippen LogP contribution in [-0.4, -0.2) is 31.3 Å². The van der Waals surface area contributed by atoms with Gasteiger partial charge in [0.2, 0.25) is 5.88 Å². The molecule has 1 rings (SSSR count). The van der Waals surface area contributed by atoms with E-state index in [9.17, 15) is 0 Å². The Balaban J connectivity index is 2.32. The molecule has 0 saturated carbocycles. The topological polar surface area (TPSA) is 43.4 Å². The SMILES string of the molecule is CCOCCOc1cc(CNCC(C)C)ccn1. The van der Waals surface area contributed by atoms with Gasteiger partial charge in [0.15, 0.2) is 0 Å². The molecule has 1 N–H and O–H groups in total. The number of hydrogen-bond acceptors (Lipinski definition) is 4. The van der Waals surface area contributed by atoms with Crippen LogP contribution in [0.15, 0.2) is 18.3 Å². The van der Waals surface area contributed by atoms with E-state index in [0.29, 0.717) is 25.0 Å². The van der Waals surface area contributed by atoms with Gasteiger partial charge in [-0.3, -0.25) is 0 Å². The molecule has 0 fully saturated rings. The van der Waals surface area contributed by atoms with Crippen LogP contribution in [0.25, 0.3) is 0 Å². The third-order valence-corrected chi connectivity index (χ3v) is 2.36. The van der Waals surface area contributed by atoms with Crippen LogP contribution in [0.4, 0.5) is 0 Å². The molecule has 18 heavy (non-hydrogen) atoms. The summed E-state index contributed by atoms with van der Waals surface area (Å²) in [6.07, 6.45) is 1.78. The first-order valence-corrected chi connectivity index (χ1v) is 6.58. The highest BCUT2D eigenvalue weighted by Gasteiger charge is 1.99. The Morgan fingerprint density at radius 2 is 2.17 bits per heavy atom. The van der Waals surface area contributed by atoms with E-state index < -0.39 is 0 Å². The van der Waals surface area contributed by atoms with Crippen LogP contribution in [0.2, 0.25) is 0 Å². The van der Waals surface area contributed by atoms with Gasteiger partial charge in [-0.1, -0.05) is 13.8 Å². The zero-order chi connectivity index (χ0) is 13.2. The molecule has 0 amide bonds. The normalized spacial score (nSPS) is 10.9. The van der Waals surface area contributed by atoms with E-state index in [1.807, 2.05) is 19.1 Å². The van der Waals surface area contributed by atoms with Crippen LogP contribution < -0.4 is 10.1 Å². The Morgan fingerprint density at radius 1 is 1.33 bits per heavy atom. The fraction of sp³-hybridized carbons (Fsp3) is 0.643. The second-order valence-electron chi connectivity index (χ2n) is 4.57. The number of ether oxygens (including phenoxy) is 2. The van der Waals surface area contributed by atoms with Crippen molar-refractivity contribution < 1.29 is 9.47 Å². The van der Waals surface area contributed by atoms with Crippen molar-refractivity contribution in [1.82, 2.24) is 10.3 Å². The molecule has 1 aromatic heterocycles. The van der Waals surface area contributed by atoms with Gasteiger partial charge in [0.1, 0.15) is 6.61 Å². The van der Waals surface area contributed by atoms with E-state index in [1.54, 1.807) is 6.20 Å². The van der Waals surface area contributed by atoms with Gasteiger partial charge in [0.05, 0.1) is 6.61 Å². The van der Waals surface area contributed by atoms with E-state index >= 15 is 0 Å². The van der Waals surface area contributed by atoms with Crippen LogP contribution in [-0.2, 0) is 11.3 Å². The highest BCUT2D eigenvalue weighted by molar-refractivity contribution is 5.20. The van der Waals surface area contributed by atoms with Gasteiger partial charge >= 0.3 is 0 Å². The lowest BCUT2D eigenvalue weighted by molar-refractivity contribution is 0.108. The maximum Gasteiger partial charge on any atom is 0.213 e. The van der Waals surface area contributed by atoms with E-state index in [-0.39, 0.29) is 0 Å². The van der Waals surface area contributed by atoms with Gasteiger partial charge in [0, 0.05) is 25.4 Å². The standard InChI is InChI=1S/C14H24N2O2/c1-4-17-7-8-18-14-9-13(5-6-16-14)11-15-10-12(2)3/h5-6,9,12,15H,4,7-8,10-11H2,1-3H3. The monoisotopic (exact) mass is 252 g/mol. The average Bonchev–Trinajstić information content (AvgIpc) is 2.35. The van der Waals surface area contributed by atoms with E-state index in [4.69, 9.17) is 9.47 Å². The van der Waals surface area contributed by atoms with Gasteiger partial charge in [0.25, 0.3) is 0 Å². The van der Waals surface area contributed by atoms with Crippen molar-refractivity contribution in [3.63, 3.8) is 0 Å². The molecule has 1 aromatic rings. The number of nitrogens with zero attached hydrogens (tertiary/aromatic N) is 1. The van der Waals surface area contributed by atoms with E-state index in [0.717, 1.165) is 19.7 Å². The van der Waals surface area contributed by atoms with Crippen LogP contribution in [0.1, 0.15) is 26.3 Å². The number of nitrogens with one attached hydrogen (secondary N) is 1. The third kappa shape index (κ3) is 6.57. The molecule has 0 aromatic carbocycles. The van der Waals surface area contributed by atoms with Crippen molar-refractivity contribution in [3.05, 3.63) is 23.9 Å². The predicted molar refractivity (Wildman–Crippen MR) is 72.8 cm³/mol. The van der Waals surface area contributed by atoms with Gasteiger partial charge in [-0.25, -0.2) is 4.98 Å². The third-order valence-electron chi connectivity index (χ3n) is 2.36. The summed E-state index contributed by atoms with van der Waals surface area (Å²) < 4.78 is 10.7. The van der Waals surface area contributed by atoms with Crippen molar-refractivity contribution >= 4 is 0 Å². The Labute approximate surface area is 110 Å². The summed E-state index contributed by atoms with van der Waals surface area (Å²) >= 11 is 0. The number of hydrogen-bond donors (Lipinski definition) is 1. The van der Waals surface area contributed by atoms with Gasteiger partial charge in [-0.05, 0) is 31.0 Å². The van der Waals surface area contributed by atoms with E-state index in [2.05, 4.69) is 24.1 Å². The molecular weight excluding hydrogens is 228 g/mol. The average molecular weight is 252 g/mol. The molecule has 4 heteroatoms. The highest BCUT2D eigenvalue weighted by atomic mass is 16.5. The van der Waals surface area contributed by atoms with Crippen LogP contribution in [0.3, 0.4) is 0 Å². The van der Waals surface area contributed by atoms with Crippen LogP contribution >= 0.6 is 0 Å². The summed E-state index contributed by atoms with van der Waals surface area (Å²) in [7, 11) is 0. The lowest BCUT2D eigenvalue weighted by Crippen LogP contribution is -2.19.